The number of carbonyl (C=O) groups is 1. The van der Waals surface area contributed by atoms with Crippen LogP contribution < -0.4 is 15.5 Å². The summed E-state index contributed by atoms with van der Waals surface area (Å²) in [5.74, 6) is 1.06. The summed E-state index contributed by atoms with van der Waals surface area (Å²) < 4.78 is 0. The van der Waals surface area contributed by atoms with E-state index in [4.69, 9.17) is 0 Å². The highest BCUT2D eigenvalue weighted by Crippen LogP contribution is 2.25. The van der Waals surface area contributed by atoms with Crippen LogP contribution in [0, 0.1) is 18.8 Å². The number of aryl methyl sites for hydroxylation is 1. The number of nitrogens with zero attached hydrogens (tertiary/aromatic N) is 3. The molecule has 7 heteroatoms. The monoisotopic (exact) mass is 361 g/mol. The highest BCUT2D eigenvalue weighted by Gasteiger charge is 2.16. The lowest BCUT2D eigenvalue weighted by atomic mass is 10.1. The van der Waals surface area contributed by atoms with Crippen molar-refractivity contribution >= 4 is 33.3 Å². The maximum absolute atomic E-state index is 12.1. The zero-order valence-electron chi connectivity index (χ0n) is 15.5. The second-order valence-electron chi connectivity index (χ2n) is 7.03. The van der Waals surface area contributed by atoms with Crippen molar-refractivity contribution in [3.05, 3.63) is 29.8 Å². The lowest BCUT2D eigenvalue weighted by Gasteiger charge is -2.25. The standard InChI is InChI=1S/C18H27N5OS/c1-12(2)10-23(11-13(3)4)18-22-21-17(25-18)20-16(24)19-15-8-6-14(5)7-9-15/h6-9,12-13H,10-11H2,1-5H3,(H2,19,20,21,24). The van der Waals surface area contributed by atoms with Crippen LogP contribution in [0.15, 0.2) is 24.3 Å². The molecule has 6 nitrogen and oxygen atoms in total. The van der Waals surface area contributed by atoms with E-state index in [0.717, 1.165) is 29.5 Å². The normalized spacial score (nSPS) is 11.0. The Balaban J connectivity index is 1.98. The van der Waals surface area contributed by atoms with E-state index in [9.17, 15) is 4.79 Å². The maximum Gasteiger partial charge on any atom is 0.325 e. The van der Waals surface area contributed by atoms with Gasteiger partial charge in [0.1, 0.15) is 0 Å². The van der Waals surface area contributed by atoms with Crippen molar-refractivity contribution in [2.24, 2.45) is 11.8 Å². The fourth-order valence-corrected chi connectivity index (χ4v) is 3.16. The lowest BCUT2D eigenvalue weighted by molar-refractivity contribution is 0.262. The molecular weight excluding hydrogens is 334 g/mol. The molecule has 2 N–H and O–H groups in total. The van der Waals surface area contributed by atoms with Crippen LogP contribution in [-0.4, -0.2) is 29.3 Å². The molecule has 25 heavy (non-hydrogen) atoms. The predicted molar refractivity (Wildman–Crippen MR) is 106 cm³/mol. The van der Waals surface area contributed by atoms with Crippen molar-refractivity contribution in [2.45, 2.75) is 34.6 Å². The summed E-state index contributed by atoms with van der Waals surface area (Å²) >= 11 is 1.40. The number of hydrogen-bond donors (Lipinski definition) is 2. The van der Waals surface area contributed by atoms with Gasteiger partial charge in [-0.3, -0.25) is 5.32 Å². The minimum atomic E-state index is -0.314. The molecular formula is C18H27N5OS. The molecule has 1 aromatic carbocycles. The van der Waals surface area contributed by atoms with E-state index in [0.29, 0.717) is 17.0 Å². The van der Waals surface area contributed by atoms with Gasteiger partial charge in [0.2, 0.25) is 10.3 Å². The fraction of sp³-hybridized carbons (Fsp3) is 0.500. The molecule has 0 bridgehead atoms. The van der Waals surface area contributed by atoms with Gasteiger partial charge in [0.05, 0.1) is 0 Å². The molecule has 2 aromatic rings. The Morgan fingerprint density at radius 2 is 1.64 bits per heavy atom. The van der Waals surface area contributed by atoms with E-state index < -0.39 is 0 Å². The highest BCUT2D eigenvalue weighted by molar-refractivity contribution is 7.19. The number of urea groups is 1. The maximum atomic E-state index is 12.1. The number of anilines is 3. The smallest absolute Gasteiger partial charge is 0.325 e. The van der Waals surface area contributed by atoms with Crippen LogP contribution in [0.5, 0.6) is 0 Å². The third kappa shape index (κ3) is 6.34. The van der Waals surface area contributed by atoms with Gasteiger partial charge in [0.25, 0.3) is 0 Å². The minimum Gasteiger partial charge on any atom is -0.346 e. The number of nitrogens with one attached hydrogen (secondary N) is 2. The van der Waals surface area contributed by atoms with E-state index in [2.05, 4.69) is 53.4 Å². The second-order valence-corrected chi connectivity index (χ2v) is 7.98. The van der Waals surface area contributed by atoms with Crippen LogP contribution >= 0.6 is 11.3 Å². The second kappa shape index (κ2) is 8.80. The Hall–Kier alpha value is -2.15. The van der Waals surface area contributed by atoms with E-state index in [1.807, 2.05) is 31.2 Å². The third-order valence-electron chi connectivity index (χ3n) is 3.39. The van der Waals surface area contributed by atoms with Crippen molar-refractivity contribution < 1.29 is 4.79 Å². The summed E-state index contributed by atoms with van der Waals surface area (Å²) in [5, 5.41) is 15.2. The molecule has 0 unspecified atom stereocenters. The predicted octanol–water partition coefficient (Wildman–Crippen LogP) is 4.61. The largest absolute Gasteiger partial charge is 0.346 e. The van der Waals surface area contributed by atoms with Crippen molar-refractivity contribution in [3.8, 4) is 0 Å². The Kier molecular flexibility index (Phi) is 6.75. The fourth-order valence-electron chi connectivity index (χ4n) is 2.40. The first-order valence-electron chi connectivity index (χ1n) is 8.56. The molecule has 0 atom stereocenters. The Labute approximate surface area is 153 Å². The molecule has 0 saturated heterocycles. The van der Waals surface area contributed by atoms with E-state index in [1.54, 1.807) is 0 Å². The van der Waals surface area contributed by atoms with Crippen LogP contribution in [0.2, 0.25) is 0 Å². The van der Waals surface area contributed by atoms with Crippen molar-refractivity contribution in [3.63, 3.8) is 0 Å². The third-order valence-corrected chi connectivity index (χ3v) is 4.29. The molecule has 2 rings (SSSR count). The number of carbonyl (C=O) groups excluding carboxylic acids is 1. The van der Waals surface area contributed by atoms with Gasteiger partial charge in [-0.15, -0.1) is 10.2 Å². The zero-order chi connectivity index (χ0) is 18.4. The summed E-state index contributed by atoms with van der Waals surface area (Å²) in [6, 6.07) is 7.33. The van der Waals surface area contributed by atoms with Crippen LogP contribution in [0.1, 0.15) is 33.3 Å². The Morgan fingerprint density at radius 1 is 1.04 bits per heavy atom. The summed E-state index contributed by atoms with van der Waals surface area (Å²) in [4.78, 5) is 14.3. The molecule has 1 heterocycles. The number of aromatic nitrogens is 2. The first-order chi connectivity index (χ1) is 11.8. The van der Waals surface area contributed by atoms with E-state index in [-0.39, 0.29) is 6.03 Å². The van der Waals surface area contributed by atoms with E-state index in [1.165, 1.54) is 11.3 Å². The van der Waals surface area contributed by atoms with Crippen molar-refractivity contribution in [1.29, 1.82) is 0 Å². The Morgan fingerprint density at radius 3 is 2.20 bits per heavy atom. The number of hydrogen-bond acceptors (Lipinski definition) is 5. The van der Waals surface area contributed by atoms with Gasteiger partial charge < -0.3 is 10.2 Å². The molecule has 0 saturated carbocycles. The van der Waals surface area contributed by atoms with Crippen LogP contribution in [-0.2, 0) is 0 Å². The van der Waals surface area contributed by atoms with Gasteiger partial charge in [-0.1, -0.05) is 56.7 Å². The average molecular weight is 362 g/mol. The molecule has 0 aliphatic heterocycles. The molecule has 0 aliphatic rings. The molecule has 0 fully saturated rings. The minimum absolute atomic E-state index is 0.314. The topological polar surface area (TPSA) is 70.1 Å². The number of amides is 2. The molecule has 2 amide bonds. The quantitative estimate of drug-likeness (QED) is 0.755. The molecule has 0 spiro atoms. The SMILES string of the molecule is Cc1ccc(NC(=O)Nc2nnc(N(CC(C)C)CC(C)C)s2)cc1. The summed E-state index contributed by atoms with van der Waals surface area (Å²) in [5.41, 5.74) is 1.89. The molecule has 1 aromatic heterocycles. The van der Waals surface area contributed by atoms with Crippen LogP contribution in [0.3, 0.4) is 0 Å². The lowest BCUT2D eigenvalue weighted by Crippen LogP contribution is -2.31. The highest BCUT2D eigenvalue weighted by atomic mass is 32.1. The van der Waals surface area contributed by atoms with Gasteiger partial charge in [-0.2, -0.15) is 0 Å². The van der Waals surface area contributed by atoms with Crippen LogP contribution in [0.4, 0.5) is 20.7 Å². The average Bonchev–Trinajstić information content (AvgIpc) is 2.96. The first kappa shape index (κ1) is 19.2. The molecule has 0 radical (unpaired) electrons. The van der Waals surface area contributed by atoms with Crippen LogP contribution in [0.25, 0.3) is 0 Å². The van der Waals surface area contributed by atoms with Gasteiger partial charge in [-0.25, -0.2) is 4.79 Å². The summed E-state index contributed by atoms with van der Waals surface area (Å²) in [7, 11) is 0. The van der Waals surface area contributed by atoms with Gasteiger partial charge in [0.15, 0.2) is 0 Å². The summed E-state index contributed by atoms with van der Waals surface area (Å²) in [6.45, 7) is 12.6. The van der Waals surface area contributed by atoms with Gasteiger partial charge in [0, 0.05) is 18.8 Å². The van der Waals surface area contributed by atoms with E-state index >= 15 is 0 Å². The number of rotatable bonds is 7. The first-order valence-corrected chi connectivity index (χ1v) is 9.38. The van der Waals surface area contributed by atoms with Gasteiger partial charge in [-0.05, 0) is 30.9 Å². The zero-order valence-corrected chi connectivity index (χ0v) is 16.4. The Bertz CT molecular complexity index is 671. The van der Waals surface area contributed by atoms with Crippen molar-refractivity contribution in [1.82, 2.24) is 10.2 Å². The van der Waals surface area contributed by atoms with Crippen molar-refractivity contribution in [2.75, 3.05) is 28.6 Å². The van der Waals surface area contributed by atoms with Gasteiger partial charge >= 0.3 is 6.03 Å². The summed E-state index contributed by atoms with van der Waals surface area (Å²) in [6.07, 6.45) is 0. The molecule has 0 aliphatic carbocycles. The molecule has 136 valence electrons. The number of benzene rings is 1.